The molecule has 12 heavy (non-hydrogen) atoms. The molecule has 0 bridgehead atoms. The van der Waals surface area contributed by atoms with Crippen molar-refractivity contribution < 1.29 is 4.79 Å². The summed E-state index contributed by atoms with van der Waals surface area (Å²) in [5.74, 6) is 0.228. The summed E-state index contributed by atoms with van der Waals surface area (Å²) in [4.78, 5) is 15.3. The number of hydrogen-bond donors (Lipinski definition) is 1. The minimum atomic E-state index is 0.0681. The lowest BCUT2D eigenvalue weighted by Crippen LogP contribution is -2.40. The Morgan fingerprint density at radius 1 is 1.75 bits per heavy atom. The fraction of sp³-hybridized carbons (Fsp3) is 0.875. The molecule has 1 aliphatic rings. The third-order valence-electron chi connectivity index (χ3n) is 2.41. The second-order valence-electron chi connectivity index (χ2n) is 3.33. The molecule has 4 heteroatoms. The van der Waals surface area contributed by atoms with Gasteiger partial charge in [-0.1, -0.05) is 0 Å². The van der Waals surface area contributed by atoms with Crippen LogP contribution in [0.2, 0.25) is 0 Å². The van der Waals surface area contributed by atoms with Crippen molar-refractivity contribution in [3.8, 4) is 0 Å². The van der Waals surface area contributed by atoms with Crippen molar-refractivity contribution in [2.24, 2.45) is 5.73 Å². The van der Waals surface area contributed by atoms with Gasteiger partial charge in [0, 0.05) is 26.7 Å². The SMILES string of the molecule is CN1CCC(N(C)CCN)C1=O. The van der Waals surface area contributed by atoms with E-state index >= 15 is 0 Å². The first-order valence-electron chi connectivity index (χ1n) is 4.32. The molecular weight excluding hydrogens is 154 g/mol. The van der Waals surface area contributed by atoms with E-state index in [4.69, 9.17) is 5.73 Å². The highest BCUT2D eigenvalue weighted by molar-refractivity contribution is 5.83. The summed E-state index contributed by atoms with van der Waals surface area (Å²) in [6.45, 7) is 2.28. The van der Waals surface area contributed by atoms with Crippen LogP contribution < -0.4 is 5.73 Å². The smallest absolute Gasteiger partial charge is 0.239 e. The number of hydrogen-bond acceptors (Lipinski definition) is 3. The third kappa shape index (κ3) is 1.76. The second kappa shape index (κ2) is 3.87. The fourth-order valence-electron chi connectivity index (χ4n) is 1.57. The maximum atomic E-state index is 11.5. The van der Waals surface area contributed by atoms with Crippen LogP contribution in [-0.4, -0.2) is 55.5 Å². The number of likely N-dealkylation sites (N-methyl/N-ethyl adjacent to an activating group) is 2. The van der Waals surface area contributed by atoms with Gasteiger partial charge in [-0.3, -0.25) is 9.69 Å². The molecular formula is C8H17N3O. The van der Waals surface area contributed by atoms with Gasteiger partial charge in [0.1, 0.15) is 0 Å². The number of likely N-dealkylation sites (tertiary alicyclic amines) is 1. The molecule has 4 nitrogen and oxygen atoms in total. The molecule has 1 heterocycles. The Kier molecular flexibility index (Phi) is 3.05. The molecule has 70 valence electrons. The van der Waals surface area contributed by atoms with Crippen molar-refractivity contribution in [2.75, 3.05) is 33.7 Å². The van der Waals surface area contributed by atoms with E-state index in [-0.39, 0.29) is 11.9 Å². The molecule has 1 saturated heterocycles. The molecule has 1 amide bonds. The summed E-state index contributed by atoms with van der Waals surface area (Å²) in [5, 5.41) is 0. The Hall–Kier alpha value is -0.610. The first-order valence-corrected chi connectivity index (χ1v) is 4.32. The van der Waals surface area contributed by atoms with Crippen molar-refractivity contribution in [3.63, 3.8) is 0 Å². The van der Waals surface area contributed by atoms with Gasteiger partial charge < -0.3 is 10.6 Å². The van der Waals surface area contributed by atoms with Crippen LogP contribution >= 0.6 is 0 Å². The number of nitrogens with zero attached hydrogens (tertiary/aromatic N) is 2. The van der Waals surface area contributed by atoms with Gasteiger partial charge in [-0.25, -0.2) is 0 Å². The topological polar surface area (TPSA) is 49.6 Å². The summed E-state index contributed by atoms with van der Waals surface area (Å²) >= 11 is 0. The minimum Gasteiger partial charge on any atom is -0.344 e. The largest absolute Gasteiger partial charge is 0.344 e. The van der Waals surface area contributed by atoms with Gasteiger partial charge in [-0.15, -0.1) is 0 Å². The molecule has 1 atom stereocenters. The zero-order chi connectivity index (χ0) is 9.14. The molecule has 0 aromatic carbocycles. The highest BCUT2D eigenvalue weighted by Crippen LogP contribution is 2.13. The maximum absolute atomic E-state index is 11.5. The normalized spacial score (nSPS) is 24.2. The Morgan fingerprint density at radius 3 is 2.83 bits per heavy atom. The van der Waals surface area contributed by atoms with E-state index in [1.807, 2.05) is 19.0 Å². The van der Waals surface area contributed by atoms with Crippen LogP contribution in [0.25, 0.3) is 0 Å². The van der Waals surface area contributed by atoms with Crippen molar-refractivity contribution in [1.29, 1.82) is 0 Å². The molecule has 0 spiro atoms. The molecule has 2 N–H and O–H groups in total. The Bertz CT molecular complexity index is 172. The molecule has 0 aliphatic carbocycles. The Labute approximate surface area is 73.3 Å². The molecule has 1 unspecified atom stereocenters. The lowest BCUT2D eigenvalue weighted by Gasteiger charge is -2.21. The highest BCUT2D eigenvalue weighted by Gasteiger charge is 2.31. The molecule has 0 radical (unpaired) electrons. The van der Waals surface area contributed by atoms with Crippen LogP contribution in [0.3, 0.4) is 0 Å². The molecule has 0 aromatic rings. The summed E-state index contributed by atoms with van der Waals surface area (Å²) in [6.07, 6.45) is 0.936. The zero-order valence-corrected chi connectivity index (χ0v) is 7.79. The summed E-state index contributed by atoms with van der Waals surface area (Å²) in [7, 11) is 3.80. The first-order chi connectivity index (χ1) is 5.66. The van der Waals surface area contributed by atoms with E-state index in [0.29, 0.717) is 6.54 Å². The van der Waals surface area contributed by atoms with E-state index in [9.17, 15) is 4.79 Å². The van der Waals surface area contributed by atoms with Gasteiger partial charge in [-0.2, -0.15) is 0 Å². The summed E-state index contributed by atoms with van der Waals surface area (Å²) in [6, 6.07) is 0.0681. The van der Waals surface area contributed by atoms with Crippen molar-refractivity contribution in [3.05, 3.63) is 0 Å². The van der Waals surface area contributed by atoms with Gasteiger partial charge in [0.15, 0.2) is 0 Å². The highest BCUT2D eigenvalue weighted by atomic mass is 16.2. The van der Waals surface area contributed by atoms with Crippen molar-refractivity contribution >= 4 is 5.91 Å². The van der Waals surface area contributed by atoms with Crippen LogP contribution in [0.5, 0.6) is 0 Å². The second-order valence-corrected chi connectivity index (χ2v) is 3.33. The summed E-state index contributed by atoms with van der Waals surface area (Å²) in [5.41, 5.74) is 5.41. The Balaban J connectivity index is 2.47. The lowest BCUT2D eigenvalue weighted by molar-refractivity contribution is -0.130. The van der Waals surface area contributed by atoms with Crippen LogP contribution in [0.15, 0.2) is 0 Å². The number of carbonyl (C=O) groups excluding carboxylic acids is 1. The molecule has 1 aliphatic heterocycles. The average Bonchev–Trinajstić information content (AvgIpc) is 2.34. The number of nitrogens with two attached hydrogens (primary N) is 1. The van der Waals surface area contributed by atoms with Crippen LogP contribution in [0.1, 0.15) is 6.42 Å². The number of carbonyl (C=O) groups is 1. The first kappa shape index (κ1) is 9.48. The molecule has 0 saturated carbocycles. The summed E-state index contributed by atoms with van der Waals surface area (Å²) < 4.78 is 0. The van der Waals surface area contributed by atoms with Crippen molar-refractivity contribution in [2.45, 2.75) is 12.5 Å². The fourth-order valence-corrected chi connectivity index (χ4v) is 1.57. The quantitative estimate of drug-likeness (QED) is 0.599. The number of amides is 1. The Morgan fingerprint density at radius 2 is 2.42 bits per heavy atom. The average molecular weight is 171 g/mol. The van der Waals surface area contributed by atoms with Crippen LogP contribution in [0.4, 0.5) is 0 Å². The molecule has 1 fully saturated rings. The number of rotatable bonds is 3. The van der Waals surface area contributed by atoms with Gasteiger partial charge in [0.05, 0.1) is 6.04 Å². The zero-order valence-electron chi connectivity index (χ0n) is 7.79. The monoisotopic (exact) mass is 171 g/mol. The predicted molar refractivity (Wildman–Crippen MR) is 47.7 cm³/mol. The van der Waals surface area contributed by atoms with Gasteiger partial charge in [-0.05, 0) is 13.5 Å². The van der Waals surface area contributed by atoms with Crippen LogP contribution in [-0.2, 0) is 4.79 Å². The van der Waals surface area contributed by atoms with Crippen molar-refractivity contribution in [1.82, 2.24) is 9.80 Å². The third-order valence-corrected chi connectivity index (χ3v) is 2.41. The van der Waals surface area contributed by atoms with E-state index in [0.717, 1.165) is 19.5 Å². The molecule has 0 aromatic heterocycles. The van der Waals surface area contributed by atoms with Gasteiger partial charge >= 0.3 is 0 Å². The van der Waals surface area contributed by atoms with Crippen LogP contribution in [0, 0.1) is 0 Å². The molecule has 1 rings (SSSR count). The van der Waals surface area contributed by atoms with Gasteiger partial charge in [0.2, 0.25) is 5.91 Å². The minimum absolute atomic E-state index is 0.0681. The lowest BCUT2D eigenvalue weighted by atomic mass is 10.2. The standard InChI is InChI=1S/C8H17N3O/c1-10(6-4-9)7-3-5-11(2)8(7)12/h7H,3-6,9H2,1-2H3. The van der Waals surface area contributed by atoms with E-state index in [1.165, 1.54) is 0 Å². The predicted octanol–water partition coefficient (Wildman–Crippen LogP) is -0.892. The van der Waals surface area contributed by atoms with Gasteiger partial charge in [0.25, 0.3) is 0 Å². The van der Waals surface area contributed by atoms with E-state index < -0.39 is 0 Å². The van der Waals surface area contributed by atoms with E-state index in [1.54, 1.807) is 4.90 Å². The van der Waals surface area contributed by atoms with E-state index in [2.05, 4.69) is 0 Å². The maximum Gasteiger partial charge on any atom is 0.239 e.